The van der Waals surface area contributed by atoms with E-state index in [9.17, 15) is 0 Å². The lowest BCUT2D eigenvalue weighted by Gasteiger charge is -2.32. The number of nitrogens with zero attached hydrogens (tertiary/aromatic N) is 2. The molecule has 0 bridgehead atoms. The third kappa shape index (κ3) is 4.59. The van der Waals surface area contributed by atoms with Gasteiger partial charge in [-0.05, 0) is 115 Å². The molecule has 2 aromatic heterocycles. The summed E-state index contributed by atoms with van der Waals surface area (Å²) in [7, 11) is -0.798. The molecular formula is C42H42B2N2O4. The molecule has 8 heteroatoms. The van der Waals surface area contributed by atoms with Crippen molar-refractivity contribution in [3.05, 3.63) is 109 Å². The van der Waals surface area contributed by atoms with Gasteiger partial charge in [-0.2, -0.15) is 0 Å². The number of fused-ring (bicyclic) bond motifs is 6. The highest BCUT2D eigenvalue weighted by Crippen LogP contribution is 2.41. The molecule has 9 rings (SSSR count). The van der Waals surface area contributed by atoms with Gasteiger partial charge in [-0.3, -0.25) is 0 Å². The molecule has 250 valence electrons. The van der Waals surface area contributed by atoms with Gasteiger partial charge in [0.1, 0.15) is 0 Å². The summed E-state index contributed by atoms with van der Waals surface area (Å²) in [6.07, 6.45) is 0. The smallest absolute Gasteiger partial charge is 0.399 e. The predicted molar refractivity (Wildman–Crippen MR) is 207 cm³/mol. The van der Waals surface area contributed by atoms with Gasteiger partial charge >= 0.3 is 14.2 Å². The molecule has 2 aliphatic heterocycles. The summed E-state index contributed by atoms with van der Waals surface area (Å²) in [4.78, 5) is 0. The second kappa shape index (κ2) is 10.6. The van der Waals surface area contributed by atoms with E-state index in [0.29, 0.717) is 0 Å². The predicted octanol–water partition coefficient (Wildman–Crippen LogP) is 8.48. The van der Waals surface area contributed by atoms with Crippen LogP contribution in [0.1, 0.15) is 55.4 Å². The van der Waals surface area contributed by atoms with Crippen molar-refractivity contribution < 1.29 is 18.6 Å². The number of hydrogen-bond donors (Lipinski definition) is 0. The van der Waals surface area contributed by atoms with Crippen molar-refractivity contribution in [2.75, 3.05) is 0 Å². The van der Waals surface area contributed by atoms with E-state index in [1.165, 1.54) is 43.6 Å². The molecule has 6 nitrogen and oxygen atoms in total. The Morgan fingerprint density at radius 3 is 1.04 bits per heavy atom. The largest absolute Gasteiger partial charge is 0.494 e. The van der Waals surface area contributed by atoms with Gasteiger partial charge < -0.3 is 27.8 Å². The van der Waals surface area contributed by atoms with Crippen LogP contribution in [0.4, 0.5) is 0 Å². The molecule has 0 radical (unpaired) electrons. The van der Waals surface area contributed by atoms with Gasteiger partial charge in [0.05, 0.1) is 44.5 Å². The minimum atomic E-state index is -0.399. The number of para-hydroxylation sites is 2. The summed E-state index contributed by atoms with van der Waals surface area (Å²) in [6.45, 7) is 16.7. The summed E-state index contributed by atoms with van der Waals surface area (Å²) >= 11 is 0. The molecule has 0 aliphatic carbocycles. The third-order valence-electron chi connectivity index (χ3n) is 11.8. The van der Waals surface area contributed by atoms with E-state index in [1.807, 2.05) is 0 Å². The molecule has 5 aromatic carbocycles. The first-order valence-corrected chi connectivity index (χ1v) is 17.6. The van der Waals surface area contributed by atoms with E-state index in [1.54, 1.807) is 0 Å². The average molecular weight is 660 g/mol. The number of hydrogen-bond acceptors (Lipinski definition) is 4. The quantitative estimate of drug-likeness (QED) is 0.178. The summed E-state index contributed by atoms with van der Waals surface area (Å²) in [6, 6.07) is 39.4. The van der Waals surface area contributed by atoms with E-state index in [4.69, 9.17) is 18.6 Å². The van der Waals surface area contributed by atoms with Gasteiger partial charge in [0.25, 0.3) is 0 Å². The van der Waals surface area contributed by atoms with Crippen LogP contribution in [0.15, 0.2) is 109 Å². The Morgan fingerprint density at radius 1 is 0.380 bits per heavy atom. The molecule has 0 saturated carbocycles. The zero-order valence-electron chi connectivity index (χ0n) is 30.1. The number of benzene rings is 5. The first kappa shape index (κ1) is 31.6. The maximum atomic E-state index is 6.35. The molecule has 2 aliphatic rings. The fourth-order valence-corrected chi connectivity index (χ4v) is 7.51. The summed E-state index contributed by atoms with van der Waals surface area (Å²) in [5.74, 6) is 0. The first-order valence-electron chi connectivity index (χ1n) is 17.6. The van der Waals surface area contributed by atoms with E-state index in [0.717, 1.165) is 22.3 Å². The molecule has 0 amide bonds. The molecule has 7 aromatic rings. The van der Waals surface area contributed by atoms with E-state index >= 15 is 0 Å². The Balaban J connectivity index is 1.17. The van der Waals surface area contributed by atoms with Crippen molar-refractivity contribution in [1.29, 1.82) is 0 Å². The molecule has 50 heavy (non-hydrogen) atoms. The van der Waals surface area contributed by atoms with Gasteiger partial charge in [-0.1, -0.05) is 60.7 Å². The van der Waals surface area contributed by atoms with Crippen LogP contribution in [0.25, 0.3) is 55.0 Å². The topological polar surface area (TPSA) is 46.8 Å². The van der Waals surface area contributed by atoms with Crippen LogP contribution in [-0.2, 0) is 18.6 Å². The number of rotatable bonds is 4. The maximum Gasteiger partial charge on any atom is 0.494 e. The fourth-order valence-electron chi connectivity index (χ4n) is 7.51. The summed E-state index contributed by atoms with van der Waals surface area (Å²) in [5, 5.41) is 4.85. The van der Waals surface area contributed by atoms with E-state index in [-0.39, 0.29) is 22.4 Å². The number of aromatic nitrogens is 2. The van der Waals surface area contributed by atoms with Crippen LogP contribution >= 0.6 is 0 Å². The molecule has 0 N–H and O–H groups in total. The molecule has 2 fully saturated rings. The molecular weight excluding hydrogens is 618 g/mol. The average Bonchev–Trinajstić information content (AvgIpc) is 3.72. The Hall–Kier alpha value is -4.33. The molecule has 4 heterocycles. The highest BCUT2D eigenvalue weighted by molar-refractivity contribution is 6.62. The van der Waals surface area contributed by atoms with Crippen LogP contribution in [0.2, 0.25) is 0 Å². The minimum absolute atomic E-state index is 0.386. The SMILES string of the molecule is CC1(C)OB(c2ccc(-n3c4ccccc4c4cc5c(cc43)c3ccccc3n5-c3ccc(B4OC(C)(C)C(C)(C)O4)cc3)cc2)OC1(C)C. The highest BCUT2D eigenvalue weighted by atomic mass is 16.7. The second-order valence-corrected chi connectivity index (χ2v) is 16.0. The Bertz CT molecular complexity index is 2250. The van der Waals surface area contributed by atoms with Gasteiger partial charge in [-0.25, -0.2) is 0 Å². The molecule has 0 spiro atoms. The standard InChI is InChI=1S/C42H42B2N2O4/c1-39(2)40(3,4)48-43(47-39)27-17-21-29(22-18-27)45-35-15-11-9-13-31(35)33-26-38-34(25-37(33)45)32-14-10-12-16-36(32)46(38)30-23-19-28(20-24-30)44-49-41(5,6)42(7,8)50-44/h9-26H,1-8H3. The van der Waals surface area contributed by atoms with E-state index in [2.05, 4.69) is 174 Å². The van der Waals surface area contributed by atoms with E-state index < -0.39 is 14.2 Å². The zero-order chi connectivity index (χ0) is 34.8. The monoisotopic (exact) mass is 660 g/mol. The van der Waals surface area contributed by atoms with Gasteiger partial charge in [-0.15, -0.1) is 0 Å². The van der Waals surface area contributed by atoms with Crippen LogP contribution in [0.3, 0.4) is 0 Å². The van der Waals surface area contributed by atoms with Crippen molar-refractivity contribution in [3.63, 3.8) is 0 Å². The lowest BCUT2D eigenvalue weighted by Crippen LogP contribution is -2.41. The highest BCUT2D eigenvalue weighted by Gasteiger charge is 2.52. The molecule has 0 unspecified atom stereocenters. The third-order valence-corrected chi connectivity index (χ3v) is 11.8. The van der Waals surface area contributed by atoms with Gasteiger partial charge in [0.2, 0.25) is 0 Å². The maximum absolute atomic E-state index is 6.35. The van der Waals surface area contributed by atoms with Crippen molar-refractivity contribution >= 4 is 68.8 Å². The fraction of sp³-hybridized carbons (Fsp3) is 0.286. The normalized spacial score (nSPS) is 19.4. The van der Waals surface area contributed by atoms with Crippen LogP contribution in [0.5, 0.6) is 0 Å². The van der Waals surface area contributed by atoms with Crippen molar-refractivity contribution in [2.24, 2.45) is 0 Å². The Morgan fingerprint density at radius 2 is 0.700 bits per heavy atom. The molecule has 0 atom stereocenters. The summed E-state index contributed by atoms with van der Waals surface area (Å²) in [5.41, 5.74) is 7.35. The van der Waals surface area contributed by atoms with Crippen LogP contribution in [0, 0.1) is 0 Å². The van der Waals surface area contributed by atoms with Crippen LogP contribution in [-0.4, -0.2) is 45.8 Å². The Labute approximate surface area is 294 Å². The lowest BCUT2D eigenvalue weighted by atomic mass is 9.79. The van der Waals surface area contributed by atoms with Crippen molar-refractivity contribution in [3.8, 4) is 11.4 Å². The van der Waals surface area contributed by atoms with Crippen LogP contribution < -0.4 is 10.9 Å². The minimum Gasteiger partial charge on any atom is -0.399 e. The van der Waals surface area contributed by atoms with Crippen molar-refractivity contribution in [1.82, 2.24) is 9.13 Å². The van der Waals surface area contributed by atoms with Crippen molar-refractivity contribution in [2.45, 2.75) is 77.8 Å². The molecule has 2 saturated heterocycles. The second-order valence-electron chi connectivity index (χ2n) is 16.0. The first-order chi connectivity index (χ1) is 23.7. The zero-order valence-corrected chi connectivity index (χ0v) is 30.1. The Kier molecular flexibility index (Phi) is 6.70. The van der Waals surface area contributed by atoms with Gasteiger partial charge in [0.15, 0.2) is 0 Å². The summed E-state index contributed by atoms with van der Waals surface area (Å²) < 4.78 is 30.2. The lowest BCUT2D eigenvalue weighted by molar-refractivity contribution is 0.00578. The van der Waals surface area contributed by atoms with Gasteiger partial charge in [0, 0.05) is 32.9 Å².